The highest BCUT2D eigenvalue weighted by Crippen LogP contribution is 2.20. The van der Waals surface area contributed by atoms with Crippen LogP contribution in [0.4, 0.5) is 0 Å². The Bertz CT molecular complexity index is 446. The summed E-state index contributed by atoms with van der Waals surface area (Å²) < 4.78 is 13.4. The zero-order valence-corrected chi connectivity index (χ0v) is 9.65. The minimum absolute atomic E-state index is 0.299. The van der Waals surface area contributed by atoms with Crippen LogP contribution in [0, 0.1) is 0 Å². The number of aromatic nitrogens is 3. The van der Waals surface area contributed by atoms with Crippen molar-refractivity contribution >= 4 is 11.7 Å². The zero-order chi connectivity index (χ0) is 11.4. The first-order valence-electron chi connectivity index (χ1n) is 4.92. The Morgan fingerprint density at radius 1 is 1.44 bits per heavy atom. The van der Waals surface area contributed by atoms with E-state index in [2.05, 4.69) is 13.7 Å². The highest BCUT2D eigenvalue weighted by Gasteiger charge is 2.12. The first kappa shape index (κ1) is 11.0. The Hall–Kier alpha value is -1.53. The molecular weight excluding hydrogens is 224 g/mol. The van der Waals surface area contributed by atoms with Gasteiger partial charge in [0.05, 0.1) is 42.5 Å². The summed E-state index contributed by atoms with van der Waals surface area (Å²) in [5.74, 6) is 0.721. The standard InChI is InChI=1S/C10H12N4OS/c1-2-15-8-3-7(4-12-5-8)10(11)9-6-13-16-14-9/h3-6,10H,2,11H2,1H3. The lowest BCUT2D eigenvalue weighted by Crippen LogP contribution is -2.12. The summed E-state index contributed by atoms with van der Waals surface area (Å²) in [5.41, 5.74) is 7.66. The molecule has 16 heavy (non-hydrogen) atoms. The molecule has 2 heterocycles. The van der Waals surface area contributed by atoms with Gasteiger partial charge >= 0.3 is 0 Å². The lowest BCUT2D eigenvalue weighted by Gasteiger charge is -2.09. The van der Waals surface area contributed by atoms with Crippen molar-refractivity contribution in [1.82, 2.24) is 13.7 Å². The van der Waals surface area contributed by atoms with Crippen LogP contribution < -0.4 is 10.5 Å². The van der Waals surface area contributed by atoms with Gasteiger partial charge in [-0.3, -0.25) is 4.98 Å². The molecule has 1 atom stereocenters. The average Bonchev–Trinajstić information content (AvgIpc) is 2.82. The van der Waals surface area contributed by atoms with Crippen LogP contribution in [0.5, 0.6) is 5.75 Å². The van der Waals surface area contributed by atoms with E-state index >= 15 is 0 Å². The van der Waals surface area contributed by atoms with Crippen molar-refractivity contribution in [1.29, 1.82) is 0 Å². The Labute approximate surface area is 97.6 Å². The van der Waals surface area contributed by atoms with Crippen LogP contribution in [0.25, 0.3) is 0 Å². The Kier molecular flexibility index (Phi) is 3.43. The summed E-state index contributed by atoms with van der Waals surface area (Å²) in [6.45, 7) is 2.54. The molecule has 0 saturated heterocycles. The van der Waals surface area contributed by atoms with E-state index in [4.69, 9.17) is 10.5 Å². The van der Waals surface area contributed by atoms with Gasteiger partial charge in [-0.2, -0.15) is 8.75 Å². The first-order valence-corrected chi connectivity index (χ1v) is 5.65. The number of ether oxygens (including phenoxy) is 1. The maximum atomic E-state index is 6.03. The van der Waals surface area contributed by atoms with Crippen LogP contribution in [-0.4, -0.2) is 20.3 Å². The predicted molar refractivity (Wildman–Crippen MR) is 61.3 cm³/mol. The Morgan fingerprint density at radius 2 is 2.31 bits per heavy atom. The third-order valence-corrected chi connectivity index (χ3v) is 2.59. The maximum Gasteiger partial charge on any atom is 0.137 e. The van der Waals surface area contributed by atoms with Crippen molar-refractivity contribution in [2.24, 2.45) is 5.73 Å². The summed E-state index contributed by atoms with van der Waals surface area (Å²) in [6, 6.07) is 1.58. The molecule has 0 aromatic carbocycles. The fraction of sp³-hybridized carbons (Fsp3) is 0.300. The predicted octanol–water partition coefficient (Wildman–Crippen LogP) is 1.38. The molecule has 1 unspecified atom stereocenters. The number of pyridine rings is 1. The number of rotatable bonds is 4. The summed E-state index contributed by atoms with van der Waals surface area (Å²) in [6.07, 6.45) is 5.05. The van der Waals surface area contributed by atoms with E-state index in [9.17, 15) is 0 Å². The Morgan fingerprint density at radius 3 is 3.00 bits per heavy atom. The topological polar surface area (TPSA) is 73.9 Å². The first-order chi connectivity index (χ1) is 7.81. The third-order valence-electron chi connectivity index (χ3n) is 2.10. The smallest absolute Gasteiger partial charge is 0.137 e. The largest absolute Gasteiger partial charge is 0.492 e. The molecule has 2 aromatic heterocycles. The lowest BCUT2D eigenvalue weighted by molar-refractivity contribution is 0.338. The fourth-order valence-electron chi connectivity index (χ4n) is 1.33. The second-order valence-corrected chi connectivity index (χ2v) is 3.75. The summed E-state index contributed by atoms with van der Waals surface area (Å²) >= 11 is 1.15. The van der Waals surface area contributed by atoms with E-state index in [1.165, 1.54) is 0 Å². The van der Waals surface area contributed by atoms with Gasteiger partial charge in [0.1, 0.15) is 5.75 Å². The molecule has 2 aromatic rings. The van der Waals surface area contributed by atoms with E-state index in [1.54, 1.807) is 18.6 Å². The van der Waals surface area contributed by atoms with Gasteiger partial charge in [0.25, 0.3) is 0 Å². The summed E-state index contributed by atoms with van der Waals surface area (Å²) in [7, 11) is 0. The van der Waals surface area contributed by atoms with Gasteiger partial charge < -0.3 is 10.5 Å². The van der Waals surface area contributed by atoms with Crippen LogP contribution >= 0.6 is 11.7 Å². The third kappa shape index (κ3) is 2.34. The number of nitrogens with zero attached hydrogens (tertiary/aromatic N) is 3. The normalized spacial score (nSPS) is 12.4. The highest BCUT2D eigenvalue weighted by molar-refractivity contribution is 6.99. The number of hydrogen-bond acceptors (Lipinski definition) is 6. The highest BCUT2D eigenvalue weighted by atomic mass is 32.1. The minimum atomic E-state index is -0.299. The SMILES string of the molecule is CCOc1cncc(C(N)c2cnsn2)c1. The molecule has 0 aliphatic rings. The average molecular weight is 236 g/mol. The molecule has 0 saturated carbocycles. The molecule has 5 nitrogen and oxygen atoms in total. The molecule has 0 spiro atoms. The van der Waals surface area contributed by atoms with Gasteiger partial charge in [0.15, 0.2) is 0 Å². The Balaban J connectivity index is 2.23. The molecule has 6 heteroatoms. The monoisotopic (exact) mass is 236 g/mol. The van der Waals surface area contributed by atoms with E-state index in [0.717, 1.165) is 28.7 Å². The molecule has 2 rings (SSSR count). The van der Waals surface area contributed by atoms with Crippen molar-refractivity contribution < 1.29 is 4.74 Å². The molecule has 84 valence electrons. The molecule has 0 radical (unpaired) electrons. The van der Waals surface area contributed by atoms with E-state index in [1.807, 2.05) is 13.0 Å². The second kappa shape index (κ2) is 5.00. The summed E-state index contributed by atoms with van der Waals surface area (Å²) in [5, 5.41) is 0. The van der Waals surface area contributed by atoms with Gasteiger partial charge in [-0.25, -0.2) is 0 Å². The molecule has 0 aliphatic heterocycles. The van der Waals surface area contributed by atoms with Crippen molar-refractivity contribution in [3.63, 3.8) is 0 Å². The minimum Gasteiger partial charge on any atom is -0.492 e. The van der Waals surface area contributed by atoms with Gasteiger partial charge in [-0.05, 0) is 18.6 Å². The molecule has 0 amide bonds. The van der Waals surface area contributed by atoms with E-state index in [0.29, 0.717) is 6.61 Å². The van der Waals surface area contributed by atoms with Crippen molar-refractivity contribution in [2.45, 2.75) is 13.0 Å². The maximum absolute atomic E-state index is 6.03. The number of hydrogen-bond donors (Lipinski definition) is 1. The molecule has 2 N–H and O–H groups in total. The van der Waals surface area contributed by atoms with Crippen LogP contribution in [0.3, 0.4) is 0 Å². The zero-order valence-electron chi connectivity index (χ0n) is 8.83. The van der Waals surface area contributed by atoms with Crippen molar-refractivity contribution in [3.8, 4) is 5.75 Å². The summed E-state index contributed by atoms with van der Waals surface area (Å²) in [4.78, 5) is 4.08. The van der Waals surface area contributed by atoms with E-state index in [-0.39, 0.29) is 6.04 Å². The van der Waals surface area contributed by atoms with Gasteiger partial charge in [0.2, 0.25) is 0 Å². The quantitative estimate of drug-likeness (QED) is 0.868. The molecule has 0 aliphatic carbocycles. The lowest BCUT2D eigenvalue weighted by atomic mass is 10.1. The van der Waals surface area contributed by atoms with Crippen LogP contribution in [-0.2, 0) is 0 Å². The van der Waals surface area contributed by atoms with Crippen LogP contribution in [0.15, 0.2) is 24.7 Å². The second-order valence-electron chi connectivity index (χ2n) is 3.20. The van der Waals surface area contributed by atoms with Crippen molar-refractivity contribution in [3.05, 3.63) is 35.9 Å². The molecule has 0 fully saturated rings. The van der Waals surface area contributed by atoms with Gasteiger partial charge in [-0.1, -0.05) is 0 Å². The fourth-order valence-corrected chi connectivity index (χ4v) is 1.79. The van der Waals surface area contributed by atoms with Gasteiger partial charge in [-0.15, -0.1) is 0 Å². The van der Waals surface area contributed by atoms with E-state index < -0.39 is 0 Å². The number of nitrogens with two attached hydrogens (primary N) is 1. The molecule has 0 bridgehead atoms. The molecular formula is C10H12N4OS. The van der Waals surface area contributed by atoms with Crippen molar-refractivity contribution in [2.75, 3.05) is 6.61 Å². The van der Waals surface area contributed by atoms with Crippen LogP contribution in [0.1, 0.15) is 24.2 Å². The van der Waals surface area contributed by atoms with Crippen LogP contribution in [0.2, 0.25) is 0 Å². The van der Waals surface area contributed by atoms with Gasteiger partial charge in [0, 0.05) is 6.20 Å².